The molecule has 0 aliphatic carbocycles. The molecule has 6 heteroatoms. The molecule has 5 nitrogen and oxygen atoms in total. The molecule has 3 aromatic rings. The van der Waals surface area contributed by atoms with Crippen LogP contribution in [0.15, 0.2) is 36.4 Å². The number of phenols is 2. The first-order valence-electron chi connectivity index (χ1n) is 6.15. The van der Waals surface area contributed by atoms with Crippen molar-refractivity contribution in [2.75, 3.05) is 5.32 Å². The van der Waals surface area contributed by atoms with Crippen LogP contribution in [0.1, 0.15) is 18.5 Å². The van der Waals surface area contributed by atoms with Crippen LogP contribution in [0, 0.1) is 0 Å². The molecule has 2 aromatic carbocycles. The standard InChI is InChI=1S/C14H13N3O2Se/c1-8(10-7-9(18)5-6-13(10)19)15-11-3-2-4-12-14(11)17-20-16-12/h2-8,15,18-19H,1H3. The number of fused-ring (bicyclic) bond motifs is 1. The summed E-state index contributed by atoms with van der Waals surface area (Å²) in [5.74, 6) is 0.286. The van der Waals surface area contributed by atoms with E-state index in [1.807, 2.05) is 25.1 Å². The second-order valence-corrected chi connectivity index (χ2v) is 5.66. The number of nitrogens with one attached hydrogen (secondary N) is 1. The van der Waals surface area contributed by atoms with Gasteiger partial charge in [0.05, 0.1) is 0 Å². The molecular formula is C14H13N3O2Se. The van der Waals surface area contributed by atoms with Crippen LogP contribution in [-0.4, -0.2) is 33.1 Å². The summed E-state index contributed by atoms with van der Waals surface area (Å²) in [5, 5.41) is 22.7. The van der Waals surface area contributed by atoms with E-state index in [0.29, 0.717) is 5.56 Å². The van der Waals surface area contributed by atoms with E-state index in [9.17, 15) is 10.2 Å². The number of aromatic nitrogens is 2. The second-order valence-electron chi connectivity index (χ2n) is 4.55. The number of phenolic OH excluding ortho intramolecular Hbond substituents is 2. The van der Waals surface area contributed by atoms with Crippen LogP contribution >= 0.6 is 0 Å². The summed E-state index contributed by atoms with van der Waals surface area (Å²) in [6.45, 7) is 1.92. The van der Waals surface area contributed by atoms with Gasteiger partial charge in [-0.3, -0.25) is 0 Å². The molecular weight excluding hydrogens is 321 g/mol. The molecule has 0 amide bonds. The number of anilines is 1. The quantitative estimate of drug-likeness (QED) is 0.506. The van der Waals surface area contributed by atoms with Gasteiger partial charge in [-0.2, -0.15) is 0 Å². The predicted octanol–water partition coefficient (Wildman–Crippen LogP) is 2.27. The van der Waals surface area contributed by atoms with Crippen molar-refractivity contribution in [3.05, 3.63) is 42.0 Å². The van der Waals surface area contributed by atoms with Gasteiger partial charge in [0.25, 0.3) is 0 Å². The average Bonchev–Trinajstić information content (AvgIpc) is 2.91. The molecule has 1 aromatic heterocycles. The Morgan fingerprint density at radius 2 is 2.00 bits per heavy atom. The van der Waals surface area contributed by atoms with Gasteiger partial charge in [0.1, 0.15) is 0 Å². The van der Waals surface area contributed by atoms with E-state index in [0.717, 1.165) is 16.7 Å². The van der Waals surface area contributed by atoms with Crippen molar-refractivity contribution in [3.8, 4) is 11.5 Å². The molecule has 3 N–H and O–H groups in total. The van der Waals surface area contributed by atoms with Crippen molar-refractivity contribution in [1.82, 2.24) is 7.96 Å². The third-order valence-electron chi connectivity index (χ3n) is 3.14. The van der Waals surface area contributed by atoms with E-state index < -0.39 is 0 Å². The van der Waals surface area contributed by atoms with E-state index in [2.05, 4.69) is 13.3 Å². The van der Waals surface area contributed by atoms with Gasteiger partial charge in [-0.25, -0.2) is 0 Å². The first kappa shape index (κ1) is 13.0. The summed E-state index contributed by atoms with van der Waals surface area (Å²) < 4.78 is 8.75. The number of hydrogen-bond donors (Lipinski definition) is 3. The first-order valence-corrected chi connectivity index (χ1v) is 7.68. The van der Waals surface area contributed by atoms with Crippen LogP contribution in [0.4, 0.5) is 5.69 Å². The van der Waals surface area contributed by atoms with Crippen molar-refractivity contribution in [2.24, 2.45) is 0 Å². The summed E-state index contributed by atoms with van der Waals surface area (Å²) in [4.78, 5) is 0. The number of aromatic hydroxyl groups is 2. The molecule has 0 aliphatic rings. The topological polar surface area (TPSA) is 78.3 Å². The minimum atomic E-state index is -0.156. The normalized spacial score (nSPS) is 12.4. The maximum absolute atomic E-state index is 9.89. The molecule has 0 saturated heterocycles. The third-order valence-corrected chi connectivity index (χ3v) is 4.27. The van der Waals surface area contributed by atoms with E-state index in [1.165, 1.54) is 12.1 Å². The van der Waals surface area contributed by atoms with Crippen molar-refractivity contribution in [3.63, 3.8) is 0 Å². The summed E-state index contributed by atoms with van der Waals surface area (Å²) in [6, 6.07) is 10.2. The summed E-state index contributed by atoms with van der Waals surface area (Å²) >= 11 is -0.0729. The molecule has 1 heterocycles. The number of rotatable bonds is 3. The Morgan fingerprint density at radius 1 is 1.15 bits per heavy atom. The molecule has 102 valence electrons. The molecule has 20 heavy (non-hydrogen) atoms. The summed E-state index contributed by atoms with van der Waals surface area (Å²) in [7, 11) is 0. The Balaban J connectivity index is 1.94. The fourth-order valence-electron chi connectivity index (χ4n) is 2.12. The van der Waals surface area contributed by atoms with Gasteiger partial charge in [-0.15, -0.1) is 0 Å². The zero-order valence-corrected chi connectivity index (χ0v) is 12.5. The number of hydrogen-bond acceptors (Lipinski definition) is 5. The van der Waals surface area contributed by atoms with Gasteiger partial charge in [0, 0.05) is 0 Å². The Kier molecular flexibility index (Phi) is 3.34. The zero-order chi connectivity index (χ0) is 14.1. The third kappa shape index (κ3) is 2.35. The molecule has 0 bridgehead atoms. The van der Waals surface area contributed by atoms with Crippen LogP contribution in [0.3, 0.4) is 0 Å². The van der Waals surface area contributed by atoms with Crippen molar-refractivity contribution in [2.45, 2.75) is 13.0 Å². The Morgan fingerprint density at radius 3 is 2.85 bits per heavy atom. The fraction of sp³-hybridized carbons (Fsp3) is 0.143. The zero-order valence-electron chi connectivity index (χ0n) is 10.7. The Hall–Kier alpha value is -2.04. The molecule has 0 fully saturated rings. The molecule has 1 atom stereocenters. The summed E-state index contributed by atoms with van der Waals surface area (Å²) in [6.07, 6.45) is 0. The number of nitrogens with zero attached hydrogens (tertiary/aromatic N) is 2. The molecule has 0 radical (unpaired) electrons. The Bertz CT molecular complexity index is 757. The summed E-state index contributed by atoms with van der Waals surface area (Å²) in [5.41, 5.74) is 3.31. The van der Waals surface area contributed by atoms with Gasteiger partial charge in [-0.1, -0.05) is 0 Å². The van der Waals surface area contributed by atoms with Crippen LogP contribution in [0.2, 0.25) is 0 Å². The fourth-order valence-corrected chi connectivity index (χ4v) is 3.28. The van der Waals surface area contributed by atoms with Gasteiger partial charge in [-0.05, 0) is 0 Å². The second kappa shape index (κ2) is 5.15. The molecule has 0 saturated carbocycles. The van der Waals surface area contributed by atoms with Gasteiger partial charge >= 0.3 is 122 Å². The first-order chi connectivity index (χ1) is 9.65. The van der Waals surface area contributed by atoms with E-state index in [-0.39, 0.29) is 32.5 Å². The SMILES string of the molecule is CC(Nc1cccc2n[se]nc12)c1cc(O)ccc1O. The van der Waals surface area contributed by atoms with Gasteiger partial charge < -0.3 is 0 Å². The van der Waals surface area contributed by atoms with Crippen molar-refractivity contribution < 1.29 is 10.2 Å². The predicted molar refractivity (Wildman–Crippen MR) is 78.3 cm³/mol. The van der Waals surface area contributed by atoms with Crippen molar-refractivity contribution >= 4 is 31.7 Å². The number of benzene rings is 2. The molecule has 1 unspecified atom stereocenters. The van der Waals surface area contributed by atoms with E-state index >= 15 is 0 Å². The van der Waals surface area contributed by atoms with Crippen molar-refractivity contribution in [1.29, 1.82) is 0 Å². The minimum absolute atomic E-state index is 0.0729. The molecule has 0 aliphatic heterocycles. The van der Waals surface area contributed by atoms with Crippen LogP contribution in [0.5, 0.6) is 11.5 Å². The molecule has 0 spiro atoms. The average molecular weight is 334 g/mol. The molecule has 3 rings (SSSR count). The monoisotopic (exact) mass is 335 g/mol. The maximum atomic E-state index is 9.89. The van der Waals surface area contributed by atoms with Gasteiger partial charge in [0.15, 0.2) is 0 Å². The Labute approximate surface area is 122 Å². The van der Waals surface area contributed by atoms with Crippen LogP contribution < -0.4 is 5.32 Å². The van der Waals surface area contributed by atoms with E-state index in [4.69, 9.17) is 0 Å². The van der Waals surface area contributed by atoms with Gasteiger partial charge in [0.2, 0.25) is 0 Å². The van der Waals surface area contributed by atoms with E-state index in [1.54, 1.807) is 6.07 Å². The van der Waals surface area contributed by atoms with Crippen LogP contribution in [0.25, 0.3) is 11.0 Å². The van der Waals surface area contributed by atoms with Crippen LogP contribution in [-0.2, 0) is 0 Å².